The summed E-state index contributed by atoms with van der Waals surface area (Å²) in [7, 11) is 1.71. The van der Waals surface area contributed by atoms with Crippen molar-refractivity contribution in [2.24, 2.45) is 0 Å². The lowest BCUT2D eigenvalue weighted by molar-refractivity contribution is 0.411. The van der Waals surface area contributed by atoms with E-state index in [1.54, 1.807) is 7.11 Å². The molecule has 0 aliphatic heterocycles. The minimum atomic E-state index is 0.284. The van der Waals surface area contributed by atoms with Crippen molar-refractivity contribution in [1.29, 1.82) is 0 Å². The van der Waals surface area contributed by atoms with Crippen molar-refractivity contribution in [3.05, 3.63) is 65.2 Å². The smallest absolute Gasteiger partial charge is 0.119 e. The Morgan fingerprint density at radius 1 is 1.05 bits per heavy atom. The first-order chi connectivity index (χ1) is 10.1. The fraction of sp³-hybridized carbons (Fsp3) is 0.368. The summed E-state index contributed by atoms with van der Waals surface area (Å²) in [4.78, 5) is 0. The van der Waals surface area contributed by atoms with E-state index in [0.29, 0.717) is 6.04 Å². The lowest BCUT2D eigenvalue weighted by Gasteiger charge is -2.23. The Labute approximate surface area is 128 Å². The Morgan fingerprint density at radius 3 is 2.38 bits per heavy atom. The van der Waals surface area contributed by atoms with Crippen LogP contribution in [0.2, 0.25) is 0 Å². The highest BCUT2D eigenvalue weighted by Gasteiger charge is 2.14. The number of methoxy groups -OCH3 is 1. The lowest BCUT2D eigenvalue weighted by atomic mass is 10.0. The first kappa shape index (κ1) is 15.6. The highest BCUT2D eigenvalue weighted by molar-refractivity contribution is 5.31. The Balaban J connectivity index is 2.11. The van der Waals surface area contributed by atoms with Crippen LogP contribution in [0.3, 0.4) is 0 Å². The monoisotopic (exact) mass is 283 g/mol. The normalized spacial score (nSPS) is 13.7. The third kappa shape index (κ3) is 4.08. The average molecular weight is 283 g/mol. The second kappa shape index (κ2) is 7.28. The van der Waals surface area contributed by atoms with Crippen molar-refractivity contribution in [2.75, 3.05) is 7.11 Å². The summed E-state index contributed by atoms with van der Waals surface area (Å²) in [5, 5.41) is 3.71. The summed E-state index contributed by atoms with van der Waals surface area (Å²) in [5.74, 6) is 0.907. The van der Waals surface area contributed by atoms with E-state index in [0.717, 1.165) is 12.2 Å². The molecular weight excluding hydrogens is 258 g/mol. The number of rotatable bonds is 6. The predicted octanol–water partition coefficient (Wildman–Crippen LogP) is 4.81. The molecule has 2 unspecified atom stereocenters. The van der Waals surface area contributed by atoms with Gasteiger partial charge in [-0.3, -0.25) is 0 Å². The quantitative estimate of drug-likeness (QED) is 0.821. The van der Waals surface area contributed by atoms with E-state index in [-0.39, 0.29) is 6.04 Å². The summed E-state index contributed by atoms with van der Waals surface area (Å²) in [6.45, 7) is 6.54. The van der Waals surface area contributed by atoms with Crippen LogP contribution in [0.5, 0.6) is 5.75 Å². The molecule has 0 aromatic heterocycles. The Kier molecular flexibility index (Phi) is 5.40. The van der Waals surface area contributed by atoms with Crippen molar-refractivity contribution in [3.8, 4) is 5.75 Å². The van der Waals surface area contributed by atoms with Crippen molar-refractivity contribution in [1.82, 2.24) is 5.32 Å². The molecule has 0 saturated carbocycles. The maximum Gasteiger partial charge on any atom is 0.119 e. The van der Waals surface area contributed by atoms with Gasteiger partial charge in [0.05, 0.1) is 7.11 Å². The first-order valence-electron chi connectivity index (χ1n) is 7.60. The highest BCUT2D eigenvalue weighted by Crippen LogP contribution is 2.24. The lowest BCUT2D eigenvalue weighted by Crippen LogP contribution is -2.24. The molecular formula is C19H25NO. The first-order valence-corrected chi connectivity index (χ1v) is 7.60. The van der Waals surface area contributed by atoms with Gasteiger partial charge in [-0.25, -0.2) is 0 Å². The van der Waals surface area contributed by atoms with E-state index < -0.39 is 0 Å². The van der Waals surface area contributed by atoms with Gasteiger partial charge >= 0.3 is 0 Å². The van der Waals surface area contributed by atoms with Gasteiger partial charge in [0.1, 0.15) is 5.75 Å². The Hall–Kier alpha value is -1.80. The molecule has 2 aromatic carbocycles. The maximum absolute atomic E-state index is 5.31. The summed E-state index contributed by atoms with van der Waals surface area (Å²) in [6.07, 6.45) is 1.07. The van der Waals surface area contributed by atoms with E-state index >= 15 is 0 Å². The van der Waals surface area contributed by atoms with Crippen molar-refractivity contribution < 1.29 is 4.74 Å². The van der Waals surface area contributed by atoms with Gasteiger partial charge in [0, 0.05) is 12.1 Å². The fourth-order valence-corrected chi connectivity index (χ4v) is 2.56. The molecule has 0 spiro atoms. The molecule has 0 aliphatic carbocycles. The molecule has 0 amide bonds. The molecule has 2 nitrogen and oxygen atoms in total. The molecule has 112 valence electrons. The number of benzene rings is 2. The van der Waals surface area contributed by atoms with E-state index in [1.165, 1.54) is 16.7 Å². The number of nitrogens with one attached hydrogen (secondary N) is 1. The number of aryl methyl sites for hydroxylation is 1. The van der Waals surface area contributed by atoms with Crippen LogP contribution >= 0.6 is 0 Å². The second-order valence-electron chi connectivity index (χ2n) is 5.54. The van der Waals surface area contributed by atoms with Crippen molar-refractivity contribution in [3.63, 3.8) is 0 Å². The van der Waals surface area contributed by atoms with Gasteiger partial charge in [-0.05, 0) is 43.5 Å². The topological polar surface area (TPSA) is 21.3 Å². The number of ether oxygens (including phenoxy) is 1. The molecule has 2 atom stereocenters. The Bertz CT molecular complexity index is 562. The van der Waals surface area contributed by atoms with Crippen LogP contribution < -0.4 is 10.1 Å². The maximum atomic E-state index is 5.31. The van der Waals surface area contributed by atoms with Gasteiger partial charge in [0.2, 0.25) is 0 Å². The van der Waals surface area contributed by atoms with Crippen LogP contribution in [-0.2, 0) is 0 Å². The zero-order chi connectivity index (χ0) is 15.2. The second-order valence-corrected chi connectivity index (χ2v) is 5.54. The average Bonchev–Trinajstić information content (AvgIpc) is 2.53. The SMILES string of the molecule is CCC(NC(C)c1cccc(OC)c1)c1ccc(C)cc1. The summed E-state index contributed by atoms with van der Waals surface area (Å²) in [5.41, 5.74) is 3.90. The van der Waals surface area contributed by atoms with Crippen LogP contribution in [0.1, 0.15) is 49.0 Å². The molecule has 0 aliphatic rings. The summed E-state index contributed by atoms with van der Waals surface area (Å²) < 4.78 is 5.31. The van der Waals surface area contributed by atoms with Gasteiger partial charge in [-0.15, -0.1) is 0 Å². The predicted molar refractivity (Wildman–Crippen MR) is 88.8 cm³/mol. The third-order valence-electron chi connectivity index (χ3n) is 3.93. The van der Waals surface area contributed by atoms with Gasteiger partial charge in [-0.2, -0.15) is 0 Å². The van der Waals surface area contributed by atoms with E-state index in [9.17, 15) is 0 Å². The standard InChI is InChI=1S/C19H25NO/c1-5-19(16-11-9-14(2)10-12-16)20-15(3)17-7-6-8-18(13-17)21-4/h6-13,15,19-20H,5H2,1-4H3. The van der Waals surface area contributed by atoms with Gasteiger partial charge in [0.25, 0.3) is 0 Å². The molecule has 1 N–H and O–H groups in total. The van der Waals surface area contributed by atoms with Gasteiger partial charge in [-0.1, -0.05) is 48.9 Å². The summed E-state index contributed by atoms with van der Waals surface area (Å²) >= 11 is 0. The van der Waals surface area contributed by atoms with Crippen LogP contribution in [0.15, 0.2) is 48.5 Å². The molecule has 0 fully saturated rings. The van der Waals surface area contributed by atoms with Crippen LogP contribution in [0.25, 0.3) is 0 Å². The Morgan fingerprint density at radius 2 is 1.76 bits per heavy atom. The van der Waals surface area contributed by atoms with Crippen LogP contribution in [0, 0.1) is 6.92 Å². The molecule has 21 heavy (non-hydrogen) atoms. The molecule has 2 rings (SSSR count). The van der Waals surface area contributed by atoms with Gasteiger partial charge < -0.3 is 10.1 Å². The van der Waals surface area contributed by atoms with Crippen LogP contribution in [0.4, 0.5) is 0 Å². The molecule has 0 saturated heterocycles. The third-order valence-corrected chi connectivity index (χ3v) is 3.93. The molecule has 0 heterocycles. The fourth-order valence-electron chi connectivity index (χ4n) is 2.56. The molecule has 2 aromatic rings. The minimum Gasteiger partial charge on any atom is -0.497 e. The van der Waals surface area contributed by atoms with Crippen molar-refractivity contribution >= 4 is 0 Å². The van der Waals surface area contributed by atoms with Crippen molar-refractivity contribution in [2.45, 2.75) is 39.3 Å². The summed E-state index contributed by atoms with van der Waals surface area (Å²) in [6, 6.07) is 17.7. The molecule has 0 bridgehead atoms. The zero-order valence-electron chi connectivity index (χ0n) is 13.4. The zero-order valence-corrected chi connectivity index (χ0v) is 13.4. The highest BCUT2D eigenvalue weighted by atomic mass is 16.5. The van der Waals surface area contributed by atoms with Crippen LogP contribution in [-0.4, -0.2) is 7.11 Å². The number of hydrogen-bond donors (Lipinski definition) is 1. The minimum absolute atomic E-state index is 0.284. The molecule has 0 radical (unpaired) electrons. The molecule has 2 heteroatoms. The van der Waals surface area contributed by atoms with E-state index in [4.69, 9.17) is 4.74 Å². The van der Waals surface area contributed by atoms with E-state index in [2.05, 4.69) is 62.5 Å². The largest absolute Gasteiger partial charge is 0.497 e. The van der Waals surface area contributed by atoms with E-state index in [1.807, 2.05) is 12.1 Å². The number of hydrogen-bond acceptors (Lipinski definition) is 2. The van der Waals surface area contributed by atoms with Gasteiger partial charge in [0.15, 0.2) is 0 Å².